The van der Waals surface area contributed by atoms with Crippen LogP contribution in [0.2, 0.25) is 0 Å². The number of nitrogens with zero attached hydrogens (tertiary/aromatic N) is 2. The van der Waals surface area contributed by atoms with E-state index in [9.17, 15) is 13.2 Å². The molecule has 2 aliphatic heterocycles. The highest BCUT2D eigenvalue weighted by molar-refractivity contribution is 5.79. The Labute approximate surface area is 148 Å². The van der Waals surface area contributed by atoms with Crippen LogP contribution in [0.1, 0.15) is 33.1 Å². The van der Waals surface area contributed by atoms with Crippen molar-refractivity contribution < 1.29 is 17.9 Å². The molecule has 0 unspecified atom stereocenters. The normalized spacial score (nSPS) is 22.5. The molecule has 0 bridgehead atoms. The number of likely N-dealkylation sites (tertiary alicyclic amines) is 1. The van der Waals surface area contributed by atoms with Gasteiger partial charge in [0.15, 0.2) is 5.96 Å². The minimum absolute atomic E-state index is 0.146. The average Bonchev–Trinajstić information content (AvgIpc) is 2.51. The van der Waals surface area contributed by atoms with E-state index in [-0.39, 0.29) is 5.41 Å². The lowest BCUT2D eigenvalue weighted by Crippen LogP contribution is -2.45. The zero-order valence-corrected chi connectivity index (χ0v) is 15.3. The highest BCUT2D eigenvalue weighted by Gasteiger charge is 2.33. The van der Waals surface area contributed by atoms with E-state index in [4.69, 9.17) is 4.74 Å². The second-order valence-electron chi connectivity index (χ2n) is 7.55. The maximum atomic E-state index is 12.4. The average molecular weight is 364 g/mol. The van der Waals surface area contributed by atoms with Crippen LogP contribution < -0.4 is 10.6 Å². The highest BCUT2D eigenvalue weighted by atomic mass is 19.4. The first kappa shape index (κ1) is 20.3. The maximum Gasteiger partial charge on any atom is 0.401 e. The molecule has 2 fully saturated rings. The van der Waals surface area contributed by atoms with Gasteiger partial charge in [-0.05, 0) is 45.2 Å². The standard InChI is InChI=1S/C17H31F3N4O/c1-3-21-15(23-10-16(2)12-25-13-16)22-7-4-14-5-8-24(9-6-14)11-17(18,19)20/h14H,3-13H2,1-2H3,(H2,21,22,23). The zero-order valence-electron chi connectivity index (χ0n) is 15.3. The number of guanidine groups is 1. The molecule has 0 aromatic heterocycles. The Bertz CT molecular complexity index is 430. The maximum absolute atomic E-state index is 12.4. The van der Waals surface area contributed by atoms with Gasteiger partial charge in [-0.2, -0.15) is 13.2 Å². The van der Waals surface area contributed by atoms with Crippen molar-refractivity contribution in [2.75, 3.05) is 52.5 Å². The summed E-state index contributed by atoms with van der Waals surface area (Å²) >= 11 is 0. The van der Waals surface area contributed by atoms with E-state index in [0.717, 1.165) is 58.1 Å². The molecule has 0 radical (unpaired) electrons. The van der Waals surface area contributed by atoms with Crippen LogP contribution in [0, 0.1) is 11.3 Å². The van der Waals surface area contributed by atoms with Crippen LogP contribution in [0.3, 0.4) is 0 Å². The molecule has 2 saturated heterocycles. The Balaban J connectivity index is 1.65. The van der Waals surface area contributed by atoms with Crippen LogP contribution in [0.15, 0.2) is 4.99 Å². The quantitative estimate of drug-likeness (QED) is 0.537. The molecule has 0 aliphatic carbocycles. The summed E-state index contributed by atoms with van der Waals surface area (Å²) < 4.78 is 42.5. The Hall–Kier alpha value is -1.02. The van der Waals surface area contributed by atoms with Crippen molar-refractivity contribution in [1.82, 2.24) is 15.5 Å². The van der Waals surface area contributed by atoms with Gasteiger partial charge in [0.05, 0.1) is 26.3 Å². The van der Waals surface area contributed by atoms with E-state index in [0.29, 0.717) is 19.0 Å². The highest BCUT2D eigenvalue weighted by Crippen LogP contribution is 2.26. The molecule has 2 aliphatic rings. The molecule has 2 rings (SSSR count). The van der Waals surface area contributed by atoms with Gasteiger partial charge in [-0.15, -0.1) is 0 Å². The van der Waals surface area contributed by atoms with Gasteiger partial charge in [-0.1, -0.05) is 6.92 Å². The third-order valence-corrected chi connectivity index (χ3v) is 4.82. The first-order valence-corrected chi connectivity index (χ1v) is 9.19. The van der Waals surface area contributed by atoms with Gasteiger partial charge in [-0.25, -0.2) is 0 Å². The van der Waals surface area contributed by atoms with Crippen LogP contribution in [0.5, 0.6) is 0 Å². The van der Waals surface area contributed by atoms with Crippen molar-refractivity contribution >= 4 is 5.96 Å². The van der Waals surface area contributed by atoms with Crippen molar-refractivity contribution in [2.45, 2.75) is 39.3 Å². The lowest BCUT2D eigenvalue weighted by atomic mass is 9.89. The number of aliphatic imine (C=N–C) groups is 1. The van der Waals surface area contributed by atoms with Crippen molar-refractivity contribution in [2.24, 2.45) is 16.3 Å². The lowest BCUT2D eigenvalue weighted by molar-refractivity contribution is -0.148. The molecule has 2 N–H and O–H groups in total. The minimum Gasteiger partial charge on any atom is -0.380 e. The van der Waals surface area contributed by atoms with Gasteiger partial charge < -0.3 is 15.4 Å². The van der Waals surface area contributed by atoms with E-state index in [1.165, 1.54) is 4.90 Å². The van der Waals surface area contributed by atoms with Crippen molar-refractivity contribution in [3.63, 3.8) is 0 Å². The first-order valence-electron chi connectivity index (χ1n) is 9.19. The number of halogens is 3. The summed E-state index contributed by atoms with van der Waals surface area (Å²) in [5.74, 6) is 1.29. The summed E-state index contributed by atoms with van der Waals surface area (Å²) in [5.41, 5.74) is 0.146. The summed E-state index contributed by atoms with van der Waals surface area (Å²) in [6, 6.07) is 0. The molecule has 8 heteroatoms. The van der Waals surface area contributed by atoms with Gasteiger partial charge in [0.1, 0.15) is 0 Å². The van der Waals surface area contributed by atoms with Crippen molar-refractivity contribution in [3.05, 3.63) is 0 Å². The number of piperidine rings is 1. The van der Waals surface area contributed by atoms with Crippen LogP contribution in [0.4, 0.5) is 13.2 Å². The molecular weight excluding hydrogens is 333 g/mol. The second kappa shape index (κ2) is 9.07. The fourth-order valence-corrected chi connectivity index (χ4v) is 3.23. The molecule has 0 atom stereocenters. The van der Waals surface area contributed by atoms with Crippen LogP contribution in [-0.4, -0.2) is 69.5 Å². The molecule has 0 saturated carbocycles. The van der Waals surface area contributed by atoms with Gasteiger partial charge in [0, 0.05) is 18.5 Å². The number of alkyl halides is 3. The molecule has 0 amide bonds. The van der Waals surface area contributed by atoms with Crippen molar-refractivity contribution in [1.29, 1.82) is 0 Å². The number of nitrogens with one attached hydrogen (secondary N) is 2. The zero-order chi connectivity index (χ0) is 18.3. The molecule has 5 nitrogen and oxygen atoms in total. The van der Waals surface area contributed by atoms with Crippen LogP contribution in [0.25, 0.3) is 0 Å². The van der Waals surface area contributed by atoms with Gasteiger partial charge >= 0.3 is 6.18 Å². The van der Waals surface area contributed by atoms with Crippen LogP contribution >= 0.6 is 0 Å². The number of hydrogen-bond donors (Lipinski definition) is 2. The third-order valence-electron chi connectivity index (χ3n) is 4.82. The largest absolute Gasteiger partial charge is 0.401 e. The summed E-state index contributed by atoms with van der Waals surface area (Å²) in [4.78, 5) is 6.13. The number of rotatable bonds is 7. The molecule has 25 heavy (non-hydrogen) atoms. The van der Waals surface area contributed by atoms with E-state index in [2.05, 4.69) is 22.5 Å². The summed E-state index contributed by atoms with van der Waals surface area (Å²) in [6.45, 7) is 8.33. The Kier molecular flexibility index (Phi) is 7.37. The Morgan fingerprint density at radius 3 is 2.44 bits per heavy atom. The SMILES string of the molecule is CCNC(=NCC1(C)COC1)NCCC1CCN(CC(F)(F)F)CC1. The number of ether oxygens (including phenoxy) is 1. The molecule has 0 aromatic rings. The fraction of sp³-hybridized carbons (Fsp3) is 0.941. The lowest BCUT2D eigenvalue weighted by Gasteiger charge is -2.36. The molecule has 2 heterocycles. The number of hydrogen-bond acceptors (Lipinski definition) is 3. The van der Waals surface area contributed by atoms with Gasteiger partial charge in [0.2, 0.25) is 0 Å². The molecule has 0 aromatic carbocycles. The topological polar surface area (TPSA) is 48.9 Å². The van der Waals surface area contributed by atoms with E-state index >= 15 is 0 Å². The molecule has 0 spiro atoms. The summed E-state index contributed by atoms with van der Waals surface area (Å²) in [5, 5.41) is 6.58. The molecular formula is C17H31F3N4O. The van der Waals surface area contributed by atoms with Crippen molar-refractivity contribution in [3.8, 4) is 0 Å². The van der Waals surface area contributed by atoms with Gasteiger partial charge in [0.25, 0.3) is 0 Å². The molecule has 146 valence electrons. The van der Waals surface area contributed by atoms with E-state index in [1.807, 2.05) is 6.92 Å². The van der Waals surface area contributed by atoms with E-state index < -0.39 is 12.7 Å². The predicted octanol–water partition coefficient (Wildman–Crippen LogP) is 2.24. The monoisotopic (exact) mass is 364 g/mol. The van der Waals surface area contributed by atoms with E-state index in [1.54, 1.807) is 0 Å². The van der Waals surface area contributed by atoms with Crippen LogP contribution in [-0.2, 0) is 4.74 Å². The Morgan fingerprint density at radius 1 is 1.24 bits per heavy atom. The minimum atomic E-state index is -4.09. The summed E-state index contributed by atoms with van der Waals surface area (Å²) in [6.07, 6.45) is -1.46. The fourth-order valence-electron chi connectivity index (χ4n) is 3.23. The van der Waals surface area contributed by atoms with Gasteiger partial charge in [-0.3, -0.25) is 9.89 Å². The third kappa shape index (κ3) is 7.40. The summed E-state index contributed by atoms with van der Waals surface area (Å²) in [7, 11) is 0. The predicted molar refractivity (Wildman–Crippen MR) is 92.7 cm³/mol. The first-order chi connectivity index (χ1) is 11.8. The smallest absolute Gasteiger partial charge is 0.380 e. The second-order valence-corrected chi connectivity index (χ2v) is 7.55. The Morgan fingerprint density at radius 2 is 1.92 bits per heavy atom.